The van der Waals surface area contributed by atoms with Crippen LogP contribution in [-0.2, 0) is 15.3 Å². The highest BCUT2D eigenvalue weighted by Crippen LogP contribution is 2.35. The number of halogens is 4. The third-order valence-corrected chi connectivity index (χ3v) is 4.17. The lowest BCUT2D eigenvalue weighted by Crippen LogP contribution is -2.24. The van der Waals surface area contributed by atoms with Crippen LogP contribution < -0.4 is 0 Å². The summed E-state index contributed by atoms with van der Waals surface area (Å²) in [6.45, 7) is 5.20. The topological polar surface area (TPSA) is 34.1 Å². The molecular weight excluding hydrogens is 289 g/mol. The summed E-state index contributed by atoms with van der Waals surface area (Å²) in [5.74, 6) is 0. The van der Waals surface area contributed by atoms with Gasteiger partial charge in [-0.1, -0.05) is 32.4 Å². The summed E-state index contributed by atoms with van der Waals surface area (Å²) in [5, 5.41) is 0.239. The zero-order valence-corrected chi connectivity index (χ0v) is 11.5. The second kappa shape index (κ2) is 4.42. The zero-order chi connectivity index (χ0) is 14.4. The number of sulfone groups is 1. The average molecular weight is 301 g/mol. The summed E-state index contributed by atoms with van der Waals surface area (Å²) >= 11 is 5.87. The van der Waals surface area contributed by atoms with Crippen LogP contribution in [0.25, 0.3) is 0 Å². The summed E-state index contributed by atoms with van der Waals surface area (Å²) in [6, 6.07) is 3.01. The molecule has 0 unspecified atom stereocenters. The van der Waals surface area contributed by atoms with E-state index >= 15 is 0 Å². The van der Waals surface area contributed by atoms with Crippen molar-refractivity contribution >= 4 is 21.4 Å². The molecule has 0 aliphatic heterocycles. The number of alkyl halides is 3. The van der Waals surface area contributed by atoms with Crippen LogP contribution in [0, 0.1) is 0 Å². The van der Waals surface area contributed by atoms with Crippen LogP contribution in [0.15, 0.2) is 23.1 Å². The van der Waals surface area contributed by atoms with Gasteiger partial charge in [0.1, 0.15) is 0 Å². The Morgan fingerprint density at radius 3 is 2.00 bits per heavy atom. The lowest BCUT2D eigenvalue weighted by molar-refractivity contribution is -0.0436. The van der Waals surface area contributed by atoms with E-state index in [0.717, 1.165) is 12.1 Å². The molecule has 0 atom stereocenters. The summed E-state index contributed by atoms with van der Waals surface area (Å²) in [6.07, 6.45) is 0. The Morgan fingerprint density at radius 2 is 1.61 bits per heavy atom. The average Bonchev–Trinajstić information content (AvgIpc) is 2.14. The Hall–Kier alpha value is -0.750. The second-order valence-corrected chi connectivity index (χ2v) is 7.19. The quantitative estimate of drug-likeness (QED) is 0.787. The van der Waals surface area contributed by atoms with E-state index in [1.807, 2.05) is 0 Å². The smallest absolute Gasteiger partial charge is 0.214 e. The molecule has 0 bridgehead atoms. The molecule has 0 saturated heterocycles. The molecule has 18 heavy (non-hydrogen) atoms. The van der Waals surface area contributed by atoms with Crippen molar-refractivity contribution in [2.45, 2.75) is 36.6 Å². The minimum atomic E-state index is -5.33. The fourth-order valence-corrected chi connectivity index (χ4v) is 2.57. The third-order valence-electron chi connectivity index (χ3n) is 2.36. The maximum atomic E-state index is 12.4. The Bertz CT molecular complexity index is 557. The standard InChI is InChI=1S/C11H12ClF3O2S/c1-10(2,3)8-6-7(4-5-9(8)12)18(16,17)11(13,14)15/h4-6H,1-3H3. The first kappa shape index (κ1) is 15.3. The van der Waals surface area contributed by atoms with E-state index in [4.69, 9.17) is 11.6 Å². The summed E-state index contributed by atoms with van der Waals surface area (Å²) in [5.41, 5.74) is -5.50. The molecule has 102 valence electrons. The van der Waals surface area contributed by atoms with Gasteiger partial charge in [-0.2, -0.15) is 13.2 Å². The molecule has 0 aliphatic rings. The van der Waals surface area contributed by atoms with Gasteiger partial charge >= 0.3 is 5.51 Å². The molecule has 0 spiro atoms. The minimum Gasteiger partial charge on any atom is -0.214 e. The molecule has 0 amide bonds. The maximum absolute atomic E-state index is 12.4. The molecular formula is C11H12ClF3O2S. The van der Waals surface area contributed by atoms with Gasteiger partial charge < -0.3 is 0 Å². The number of rotatable bonds is 1. The van der Waals surface area contributed by atoms with Gasteiger partial charge in [-0.05, 0) is 29.2 Å². The minimum absolute atomic E-state index is 0.239. The maximum Gasteiger partial charge on any atom is 0.501 e. The van der Waals surface area contributed by atoms with Crippen LogP contribution in [0.5, 0.6) is 0 Å². The van der Waals surface area contributed by atoms with Gasteiger partial charge in [0, 0.05) is 5.02 Å². The highest BCUT2D eigenvalue weighted by atomic mass is 35.5. The molecule has 0 fully saturated rings. The van der Waals surface area contributed by atoms with Gasteiger partial charge in [0.25, 0.3) is 9.84 Å². The van der Waals surface area contributed by atoms with Crippen molar-refractivity contribution in [2.24, 2.45) is 0 Å². The lowest BCUT2D eigenvalue weighted by atomic mass is 9.87. The Labute approximate surface area is 109 Å². The summed E-state index contributed by atoms with van der Waals surface area (Å²) in [4.78, 5) is -0.788. The fraction of sp³-hybridized carbons (Fsp3) is 0.455. The Kier molecular flexibility index (Phi) is 3.76. The van der Waals surface area contributed by atoms with E-state index in [1.165, 1.54) is 6.07 Å². The molecule has 0 aromatic heterocycles. The second-order valence-electron chi connectivity index (χ2n) is 4.84. The molecule has 2 nitrogen and oxygen atoms in total. The zero-order valence-electron chi connectivity index (χ0n) is 9.97. The van der Waals surface area contributed by atoms with Gasteiger partial charge in [-0.25, -0.2) is 8.42 Å². The van der Waals surface area contributed by atoms with Crippen LogP contribution in [-0.4, -0.2) is 13.9 Å². The van der Waals surface area contributed by atoms with Crippen LogP contribution in [0.4, 0.5) is 13.2 Å². The van der Waals surface area contributed by atoms with Gasteiger partial charge in [-0.3, -0.25) is 0 Å². The SMILES string of the molecule is CC(C)(C)c1cc(S(=O)(=O)C(F)(F)F)ccc1Cl. The fourth-order valence-electron chi connectivity index (χ4n) is 1.38. The summed E-state index contributed by atoms with van der Waals surface area (Å²) < 4.78 is 59.8. The molecule has 1 aromatic carbocycles. The molecule has 0 aliphatic carbocycles. The highest BCUT2D eigenvalue weighted by molar-refractivity contribution is 7.92. The van der Waals surface area contributed by atoms with Crippen molar-refractivity contribution in [1.29, 1.82) is 0 Å². The lowest BCUT2D eigenvalue weighted by Gasteiger charge is -2.21. The molecule has 0 N–H and O–H groups in total. The monoisotopic (exact) mass is 300 g/mol. The first-order valence-electron chi connectivity index (χ1n) is 4.99. The van der Waals surface area contributed by atoms with Crippen molar-refractivity contribution in [3.63, 3.8) is 0 Å². The van der Waals surface area contributed by atoms with Crippen molar-refractivity contribution in [3.8, 4) is 0 Å². The van der Waals surface area contributed by atoms with Gasteiger partial charge in [0.15, 0.2) is 0 Å². The third kappa shape index (κ3) is 2.80. The van der Waals surface area contributed by atoms with Gasteiger partial charge in [0.05, 0.1) is 4.90 Å². The molecule has 0 saturated carbocycles. The normalized spacial score (nSPS) is 13.7. The predicted octanol–water partition coefficient (Wildman–Crippen LogP) is 3.93. The molecule has 0 heterocycles. The molecule has 7 heteroatoms. The van der Waals surface area contributed by atoms with E-state index in [9.17, 15) is 21.6 Å². The van der Waals surface area contributed by atoms with E-state index in [1.54, 1.807) is 20.8 Å². The largest absolute Gasteiger partial charge is 0.501 e. The Morgan fingerprint density at radius 1 is 1.11 bits per heavy atom. The van der Waals surface area contributed by atoms with Crippen LogP contribution in [0.1, 0.15) is 26.3 Å². The van der Waals surface area contributed by atoms with Crippen LogP contribution >= 0.6 is 11.6 Å². The first-order valence-corrected chi connectivity index (χ1v) is 6.85. The van der Waals surface area contributed by atoms with Gasteiger partial charge in [-0.15, -0.1) is 0 Å². The summed E-state index contributed by atoms with van der Waals surface area (Å²) in [7, 11) is -5.33. The molecule has 0 radical (unpaired) electrons. The highest BCUT2D eigenvalue weighted by Gasteiger charge is 2.47. The van der Waals surface area contributed by atoms with Crippen molar-refractivity contribution < 1.29 is 21.6 Å². The van der Waals surface area contributed by atoms with Gasteiger partial charge in [0.2, 0.25) is 0 Å². The van der Waals surface area contributed by atoms with E-state index in [-0.39, 0.29) is 5.02 Å². The van der Waals surface area contributed by atoms with E-state index in [0.29, 0.717) is 5.56 Å². The first-order chi connectivity index (χ1) is 7.87. The Balaban J connectivity index is 3.49. The molecule has 1 rings (SSSR count). The number of hydrogen-bond donors (Lipinski definition) is 0. The predicted molar refractivity (Wildman–Crippen MR) is 63.4 cm³/mol. The number of benzene rings is 1. The number of hydrogen-bond acceptors (Lipinski definition) is 2. The van der Waals surface area contributed by atoms with E-state index in [2.05, 4.69) is 0 Å². The van der Waals surface area contributed by atoms with Crippen molar-refractivity contribution in [3.05, 3.63) is 28.8 Å². The van der Waals surface area contributed by atoms with E-state index < -0.39 is 25.7 Å². The van der Waals surface area contributed by atoms with Crippen LogP contribution in [0.3, 0.4) is 0 Å². The van der Waals surface area contributed by atoms with Crippen LogP contribution in [0.2, 0.25) is 5.02 Å². The molecule has 1 aromatic rings. The van der Waals surface area contributed by atoms with Crippen molar-refractivity contribution in [2.75, 3.05) is 0 Å². The van der Waals surface area contributed by atoms with Crippen molar-refractivity contribution in [1.82, 2.24) is 0 Å².